The maximum Gasteiger partial charge on any atom is 0.178 e. The Morgan fingerprint density at radius 1 is 0.617 bits per heavy atom. The fourth-order valence-electron chi connectivity index (χ4n) is 6.22. The highest BCUT2D eigenvalue weighted by Gasteiger charge is 2.56. The average molecular weight is 651 g/mol. The average Bonchev–Trinajstić information content (AvgIpc) is 3.05. The molecule has 0 amide bonds. The lowest BCUT2D eigenvalue weighted by atomic mass is 9.59. The van der Waals surface area contributed by atoms with E-state index in [1.165, 1.54) is 30.3 Å². The number of alkyl halides is 1. The first-order chi connectivity index (χ1) is 22.7. The quantitative estimate of drug-likeness (QED) is 0.143. The highest BCUT2D eigenvalue weighted by Crippen LogP contribution is 2.60. The molecule has 246 valence electrons. The summed E-state index contributed by atoms with van der Waals surface area (Å²) in [6, 6.07) is 19.3. The predicted octanol–water partition coefficient (Wildman–Crippen LogP) is 9.77. The smallest absolute Gasteiger partial charge is 0.178 e. The van der Waals surface area contributed by atoms with Gasteiger partial charge in [0.15, 0.2) is 17.8 Å². The molecule has 0 fully saturated rings. The van der Waals surface area contributed by atoms with E-state index in [1.54, 1.807) is 58.0 Å². The van der Waals surface area contributed by atoms with Gasteiger partial charge in [-0.15, -0.1) is 0 Å². The summed E-state index contributed by atoms with van der Waals surface area (Å²) in [5.74, 6) is -4.16. The summed E-state index contributed by atoms with van der Waals surface area (Å²) in [4.78, 5) is 0. The molecule has 5 rings (SSSR count). The molecule has 0 bridgehead atoms. The Morgan fingerprint density at radius 3 is 1.98 bits per heavy atom. The van der Waals surface area contributed by atoms with Crippen LogP contribution in [-0.2, 0) is 10.2 Å². The molecule has 47 heavy (non-hydrogen) atoms. The minimum atomic E-state index is -2.58. The Kier molecular flexibility index (Phi) is 10.2. The number of halogens is 5. The van der Waals surface area contributed by atoms with Gasteiger partial charge in [-0.2, -0.15) is 0 Å². The van der Waals surface area contributed by atoms with Crippen molar-refractivity contribution in [3.63, 3.8) is 0 Å². The maximum absolute atomic E-state index is 17.7. The van der Waals surface area contributed by atoms with E-state index in [4.69, 9.17) is 18.9 Å². The third kappa shape index (κ3) is 6.06. The van der Waals surface area contributed by atoms with Crippen LogP contribution < -0.4 is 14.2 Å². The van der Waals surface area contributed by atoms with E-state index < -0.39 is 40.6 Å². The minimum absolute atomic E-state index is 0.00730. The van der Waals surface area contributed by atoms with Crippen molar-refractivity contribution < 1.29 is 40.9 Å². The van der Waals surface area contributed by atoms with Crippen LogP contribution in [0.1, 0.15) is 49.9 Å². The zero-order valence-electron chi connectivity index (χ0n) is 26.5. The zero-order valence-corrected chi connectivity index (χ0v) is 26.5. The predicted molar refractivity (Wildman–Crippen MR) is 171 cm³/mol. The molecule has 9 heteroatoms. The van der Waals surface area contributed by atoms with Gasteiger partial charge in [-0.05, 0) is 86.9 Å². The van der Waals surface area contributed by atoms with Gasteiger partial charge in [0, 0.05) is 17.2 Å². The summed E-state index contributed by atoms with van der Waals surface area (Å²) in [6.45, 7) is 6.94. The van der Waals surface area contributed by atoms with Gasteiger partial charge in [0.2, 0.25) is 0 Å². The highest BCUT2D eigenvalue weighted by molar-refractivity contribution is 6.07. The summed E-state index contributed by atoms with van der Waals surface area (Å²) >= 11 is 0. The second-order valence-electron chi connectivity index (χ2n) is 10.6. The number of hydrogen-bond donors (Lipinski definition) is 0. The van der Waals surface area contributed by atoms with Crippen LogP contribution in [-0.4, -0.2) is 32.6 Å². The highest BCUT2D eigenvalue weighted by atomic mass is 19.2. The van der Waals surface area contributed by atoms with E-state index in [9.17, 15) is 0 Å². The molecule has 4 nitrogen and oxygen atoms in total. The van der Waals surface area contributed by atoms with Gasteiger partial charge in [-0.1, -0.05) is 36.4 Å². The lowest BCUT2D eigenvalue weighted by molar-refractivity contribution is 0.194. The minimum Gasteiger partial charge on any atom is -0.494 e. The lowest BCUT2D eigenvalue weighted by Gasteiger charge is -2.44. The van der Waals surface area contributed by atoms with Crippen molar-refractivity contribution in [2.24, 2.45) is 0 Å². The van der Waals surface area contributed by atoms with Crippen molar-refractivity contribution in [3.8, 4) is 17.2 Å². The second-order valence-corrected chi connectivity index (χ2v) is 10.6. The molecule has 2 unspecified atom stereocenters. The standard InChI is InChI=1S/C38H35F5O4/c1-5-44-27-20-24(19-26(40)21-27)38(23-13-10-9-11-14-23)34(28-22-25(39)17-18-30(28)45-6-2)33(36(47-8-4)35(42)37(38)43)32-29(41)15-12-16-31(32)46-7-3/h9-22,37H,5-8H2,1-4H3. The third-order valence-corrected chi connectivity index (χ3v) is 7.88. The monoisotopic (exact) mass is 650 g/mol. The Morgan fingerprint density at radius 2 is 1.30 bits per heavy atom. The molecule has 2 atom stereocenters. The molecule has 0 radical (unpaired) electrons. The van der Waals surface area contributed by atoms with Crippen LogP contribution >= 0.6 is 0 Å². The Balaban J connectivity index is 2.14. The first-order valence-corrected chi connectivity index (χ1v) is 15.5. The second kappa shape index (κ2) is 14.3. The lowest BCUT2D eigenvalue weighted by Crippen LogP contribution is -2.44. The summed E-state index contributed by atoms with van der Waals surface area (Å²) < 4.78 is 105. The van der Waals surface area contributed by atoms with E-state index in [0.717, 1.165) is 24.3 Å². The molecule has 0 saturated carbocycles. The van der Waals surface area contributed by atoms with Crippen LogP contribution in [0.15, 0.2) is 96.5 Å². The first-order valence-electron chi connectivity index (χ1n) is 15.5. The van der Waals surface area contributed by atoms with Crippen molar-refractivity contribution >= 4 is 11.1 Å². The number of ether oxygens (including phenoxy) is 4. The van der Waals surface area contributed by atoms with E-state index in [-0.39, 0.29) is 77.1 Å². The maximum atomic E-state index is 17.7. The van der Waals surface area contributed by atoms with Gasteiger partial charge >= 0.3 is 0 Å². The van der Waals surface area contributed by atoms with Gasteiger partial charge < -0.3 is 18.9 Å². The summed E-state index contributed by atoms with van der Waals surface area (Å²) in [6.07, 6.45) is -2.58. The SMILES string of the molecule is CCOC1=C(F)C(F)C(c2ccccc2)(c2cc(F)cc(OCC)c2)C(c2cc(F)ccc2OCC)=C1c1c(F)cccc1OCC. The van der Waals surface area contributed by atoms with Crippen molar-refractivity contribution in [2.75, 3.05) is 26.4 Å². The van der Waals surface area contributed by atoms with Crippen LogP contribution in [0.5, 0.6) is 17.2 Å². The van der Waals surface area contributed by atoms with Crippen molar-refractivity contribution in [1.82, 2.24) is 0 Å². The molecular formula is C38H35F5O4. The normalized spacial score (nSPS) is 17.9. The fraction of sp³-hybridized carbons (Fsp3) is 0.263. The van der Waals surface area contributed by atoms with Crippen molar-refractivity contribution in [1.29, 1.82) is 0 Å². The molecule has 0 saturated heterocycles. The van der Waals surface area contributed by atoms with E-state index in [1.807, 2.05) is 0 Å². The topological polar surface area (TPSA) is 36.9 Å². The van der Waals surface area contributed by atoms with Crippen molar-refractivity contribution in [3.05, 3.63) is 136 Å². The number of rotatable bonds is 12. The molecule has 0 aliphatic heterocycles. The van der Waals surface area contributed by atoms with Gasteiger partial charge in [-0.3, -0.25) is 0 Å². The fourth-order valence-corrected chi connectivity index (χ4v) is 6.22. The van der Waals surface area contributed by atoms with Gasteiger partial charge in [0.25, 0.3) is 0 Å². The van der Waals surface area contributed by atoms with Gasteiger partial charge in [0.05, 0.1) is 37.4 Å². The van der Waals surface area contributed by atoms with Crippen LogP contribution in [0.25, 0.3) is 11.1 Å². The largest absolute Gasteiger partial charge is 0.494 e. The molecule has 0 heterocycles. The Hall–Kier alpha value is -4.79. The van der Waals surface area contributed by atoms with Crippen LogP contribution in [0.2, 0.25) is 0 Å². The Bertz CT molecular complexity index is 1800. The van der Waals surface area contributed by atoms with Crippen LogP contribution in [0.3, 0.4) is 0 Å². The summed E-state index contributed by atoms with van der Waals surface area (Å²) in [5.41, 5.74) is -2.81. The molecule has 4 aromatic rings. The van der Waals surface area contributed by atoms with Crippen LogP contribution in [0, 0.1) is 17.5 Å². The number of benzene rings is 4. The van der Waals surface area contributed by atoms with Gasteiger partial charge in [0.1, 0.15) is 34.7 Å². The molecular weight excluding hydrogens is 615 g/mol. The number of hydrogen-bond acceptors (Lipinski definition) is 4. The molecule has 1 aliphatic carbocycles. The van der Waals surface area contributed by atoms with E-state index in [0.29, 0.717) is 0 Å². The summed E-state index contributed by atoms with van der Waals surface area (Å²) in [5, 5.41) is 0. The van der Waals surface area contributed by atoms with Crippen molar-refractivity contribution in [2.45, 2.75) is 39.3 Å². The summed E-state index contributed by atoms with van der Waals surface area (Å²) in [7, 11) is 0. The molecule has 4 aromatic carbocycles. The molecule has 0 aromatic heterocycles. The Labute approximate surface area is 271 Å². The third-order valence-electron chi connectivity index (χ3n) is 7.88. The molecule has 0 spiro atoms. The molecule has 1 aliphatic rings. The first kappa shape index (κ1) is 33.6. The zero-order chi connectivity index (χ0) is 33.7. The van der Waals surface area contributed by atoms with E-state index in [2.05, 4.69) is 0 Å². The van der Waals surface area contributed by atoms with Crippen LogP contribution in [0.4, 0.5) is 22.0 Å². The number of allylic oxidation sites excluding steroid dienone is 3. The van der Waals surface area contributed by atoms with Gasteiger partial charge in [-0.25, -0.2) is 22.0 Å². The molecule has 0 N–H and O–H groups in total. The van der Waals surface area contributed by atoms with E-state index >= 15 is 22.0 Å².